The summed E-state index contributed by atoms with van der Waals surface area (Å²) in [6.07, 6.45) is 5.38. The highest BCUT2D eigenvalue weighted by atomic mass is 16.2. The van der Waals surface area contributed by atoms with Gasteiger partial charge in [0, 0.05) is 24.9 Å². The maximum atomic E-state index is 11.6. The number of nitrogens with one attached hydrogen (secondary N) is 1. The molecular formula is C11H19N3O. The molecule has 0 saturated carbocycles. The van der Waals surface area contributed by atoms with Crippen molar-refractivity contribution in [3.63, 3.8) is 0 Å². The molecule has 0 aliphatic heterocycles. The zero-order chi connectivity index (χ0) is 11.3. The minimum absolute atomic E-state index is 0.0528. The van der Waals surface area contributed by atoms with Crippen molar-refractivity contribution in [2.75, 3.05) is 0 Å². The molecule has 1 rings (SSSR count). The Bertz CT molecular complexity index is 319. The normalized spacial score (nSPS) is 12.5. The van der Waals surface area contributed by atoms with E-state index < -0.39 is 0 Å². The van der Waals surface area contributed by atoms with Crippen molar-refractivity contribution in [3.8, 4) is 0 Å². The summed E-state index contributed by atoms with van der Waals surface area (Å²) in [6, 6.07) is 0.242. The summed E-state index contributed by atoms with van der Waals surface area (Å²) in [5.41, 5.74) is 0. The van der Waals surface area contributed by atoms with E-state index in [4.69, 9.17) is 0 Å². The van der Waals surface area contributed by atoms with Crippen LogP contribution in [0.25, 0.3) is 0 Å². The lowest BCUT2D eigenvalue weighted by Crippen LogP contribution is -2.34. The van der Waals surface area contributed by atoms with Gasteiger partial charge in [0.15, 0.2) is 0 Å². The second-order valence-electron chi connectivity index (χ2n) is 3.70. The van der Waals surface area contributed by atoms with Crippen LogP contribution in [-0.2, 0) is 17.8 Å². The van der Waals surface area contributed by atoms with E-state index in [0.717, 1.165) is 18.7 Å². The lowest BCUT2D eigenvalue weighted by Gasteiger charge is -2.12. The first-order chi connectivity index (χ1) is 7.17. The molecule has 0 bridgehead atoms. The molecular weight excluding hydrogens is 190 g/mol. The van der Waals surface area contributed by atoms with Gasteiger partial charge in [-0.1, -0.05) is 13.8 Å². The Kier molecular flexibility index (Phi) is 4.34. The third-order valence-electron chi connectivity index (χ3n) is 2.45. The van der Waals surface area contributed by atoms with Crippen LogP contribution in [0.5, 0.6) is 0 Å². The summed E-state index contributed by atoms with van der Waals surface area (Å²) in [5.74, 6) is 1.01. The van der Waals surface area contributed by atoms with Gasteiger partial charge in [-0.3, -0.25) is 4.79 Å². The number of aromatic nitrogens is 2. The Labute approximate surface area is 90.7 Å². The molecule has 84 valence electrons. The van der Waals surface area contributed by atoms with Gasteiger partial charge in [-0.25, -0.2) is 4.98 Å². The smallest absolute Gasteiger partial charge is 0.240 e. The molecule has 1 unspecified atom stereocenters. The summed E-state index contributed by atoms with van der Waals surface area (Å²) >= 11 is 0. The van der Waals surface area contributed by atoms with Crippen molar-refractivity contribution in [2.45, 2.75) is 46.2 Å². The Morgan fingerprint density at radius 1 is 1.60 bits per heavy atom. The number of nitrogens with zero attached hydrogens (tertiary/aromatic N) is 2. The molecule has 1 aromatic rings. The van der Waals surface area contributed by atoms with E-state index in [1.165, 1.54) is 0 Å². The quantitative estimate of drug-likeness (QED) is 0.796. The molecule has 15 heavy (non-hydrogen) atoms. The average molecular weight is 209 g/mol. The van der Waals surface area contributed by atoms with Gasteiger partial charge in [-0.05, 0) is 13.3 Å². The van der Waals surface area contributed by atoms with E-state index in [-0.39, 0.29) is 11.9 Å². The molecule has 0 aliphatic carbocycles. The first-order valence-electron chi connectivity index (χ1n) is 5.46. The van der Waals surface area contributed by atoms with Crippen molar-refractivity contribution in [3.05, 3.63) is 18.2 Å². The Balaban J connectivity index is 2.51. The fraction of sp³-hybridized carbons (Fsp3) is 0.636. The molecule has 0 aromatic carbocycles. The Hall–Kier alpha value is -1.32. The van der Waals surface area contributed by atoms with Crippen molar-refractivity contribution in [2.24, 2.45) is 0 Å². The van der Waals surface area contributed by atoms with Crippen LogP contribution in [0.15, 0.2) is 12.4 Å². The van der Waals surface area contributed by atoms with Crippen LogP contribution >= 0.6 is 0 Å². The fourth-order valence-corrected chi connectivity index (χ4v) is 1.38. The van der Waals surface area contributed by atoms with Crippen LogP contribution in [0.3, 0.4) is 0 Å². The summed E-state index contributed by atoms with van der Waals surface area (Å²) in [6.45, 7) is 6.46. The van der Waals surface area contributed by atoms with Crippen LogP contribution in [0.4, 0.5) is 0 Å². The second-order valence-corrected chi connectivity index (χ2v) is 3.70. The van der Waals surface area contributed by atoms with Gasteiger partial charge in [0.05, 0.1) is 0 Å². The summed E-state index contributed by atoms with van der Waals surface area (Å²) in [4.78, 5) is 15.8. The highest BCUT2D eigenvalue weighted by molar-refractivity contribution is 5.76. The van der Waals surface area contributed by atoms with E-state index in [1.807, 2.05) is 24.6 Å². The van der Waals surface area contributed by atoms with Gasteiger partial charge in [0.2, 0.25) is 5.91 Å². The molecule has 0 aliphatic rings. The number of aryl methyl sites for hydroxylation is 1. The third-order valence-corrected chi connectivity index (χ3v) is 2.45. The number of carbonyl (C=O) groups excluding carboxylic acids is 1. The predicted octanol–water partition coefficient (Wildman–Crippen LogP) is 1.36. The van der Waals surface area contributed by atoms with Crippen molar-refractivity contribution < 1.29 is 4.79 Å². The molecule has 0 saturated heterocycles. The molecule has 4 nitrogen and oxygen atoms in total. The van der Waals surface area contributed by atoms with Crippen LogP contribution < -0.4 is 5.32 Å². The number of rotatable bonds is 5. The molecule has 1 aromatic heterocycles. The van der Waals surface area contributed by atoms with Crippen molar-refractivity contribution >= 4 is 5.91 Å². The lowest BCUT2D eigenvalue weighted by molar-refractivity contribution is -0.122. The van der Waals surface area contributed by atoms with Crippen molar-refractivity contribution in [1.29, 1.82) is 0 Å². The van der Waals surface area contributed by atoms with E-state index in [0.29, 0.717) is 6.54 Å². The monoisotopic (exact) mass is 209 g/mol. The minimum Gasteiger partial charge on any atom is -0.352 e. The van der Waals surface area contributed by atoms with E-state index in [9.17, 15) is 4.79 Å². The number of imidazole rings is 1. The van der Waals surface area contributed by atoms with E-state index in [2.05, 4.69) is 17.2 Å². The molecule has 0 spiro atoms. The zero-order valence-corrected chi connectivity index (χ0v) is 9.66. The first kappa shape index (κ1) is 11.8. The summed E-state index contributed by atoms with van der Waals surface area (Å²) in [5, 5.41) is 2.93. The molecule has 1 N–H and O–H groups in total. The third kappa shape index (κ3) is 3.38. The maximum Gasteiger partial charge on any atom is 0.240 e. The summed E-state index contributed by atoms with van der Waals surface area (Å²) < 4.78 is 1.89. The molecule has 1 atom stereocenters. The van der Waals surface area contributed by atoms with E-state index in [1.54, 1.807) is 6.20 Å². The number of hydrogen-bond acceptors (Lipinski definition) is 2. The SMILES string of the molecule is CCc1nccn1CC(=O)NC(C)CC. The molecule has 1 heterocycles. The Morgan fingerprint density at radius 3 is 2.93 bits per heavy atom. The molecule has 4 heteroatoms. The van der Waals surface area contributed by atoms with Crippen LogP contribution in [0.1, 0.15) is 33.0 Å². The molecule has 0 radical (unpaired) electrons. The highest BCUT2D eigenvalue weighted by Gasteiger charge is 2.08. The highest BCUT2D eigenvalue weighted by Crippen LogP contribution is 1.98. The first-order valence-corrected chi connectivity index (χ1v) is 5.46. The molecule has 1 amide bonds. The average Bonchev–Trinajstić information content (AvgIpc) is 2.64. The van der Waals surface area contributed by atoms with Crippen LogP contribution in [0.2, 0.25) is 0 Å². The second kappa shape index (κ2) is 5.53. The van der Waals surface area contributed by atoms with Gasteiger partial charge in [0.1, 0.15) is 12.4 Å². The predicted molar refractivity (Wildman–Crippen MR) is 59.5 cm³/mol. The van der Waals surface area contributed by atoms with Gasteiger partial charge < -0.3 is 9.88 Å². The topological polar surface area (TPSA) is 46.9 Å². The number of carbonyl (C=O) groups is 1. The van der Waals surface area contributed by atoms with Gasteiger partial charge in [0.25, 0.3) is 0 Å². The number of hydrogen-bond donors (Lipinski definition) is 1. The van der Waals surface area contributed by atoms with E-state index >= 15 is 0 Å². The van der Waals surface area contributed by atoms with Crippen LogP contribution in [0, 0.1) is 0 Å². The Morgan fingerprint density at radius 2 is 2.33 bits per heavy atom. The van der Waals surface area contributed by atoms with Gasteiger partial charge >= 0.3 is 0 Å². The minimum atomic E-state index is 0.0528. The van der Waals surface area contributed by atoms with Crippen LogP contribution in [-0.4, -0.2) is 21.5 Å². The lowest BCUT2D eigenvalue weighted by atomic mass is 10.2. The zero-order valence-electron chi connectivity index (χ0n) is 9.66. The van der Waals surface area contributed by atoms with Gasteiger partial charge in [-0.15, -0.1) is 0 Å². The van der Waals surface area contributed by atoms with Gasteiger partial charge in [-0.2, -0.15) is 0 Å². The standard InChI is InChI=1S/C11H19N3O/c1-4-9(3)13-11(15)8-14-7-6-12-10(14)5-2/h6-7,9H,4-5,8H2,1-3H3,(H,13,15). The fourth-order valence-electron chi connectivity index (χ4n) is 1.38. The molecule has 0 fully saturated rings. The maximum absolute atomic E-state index is 11.6. The number of amides is 1. The van der Waals surface area contributed by atoms with Crippen molar-refractivity contribution in [1.82, 2.24) is 14.9 Å². The largest absolute Gasteiger partial charge is 0.352 e. The summed E-state index contributed by atoms with van der Waals surface area (Å²) in [7, 11) is 0.